The van der Waals surface area contributed by atoms with Crippen molar-refractivity contribution in [3.8, 4) is 0 Å². The van der Waals surface area contributed by atoms with Crippen LogP contribution in [0.4, 0.5) is 0 Å². The molecule has 11 heteroatoms. The standard InChI is InChI=1S/C27H30Cl3NO6S/c1-27(2,3)38(35,36)14-21(15-4-5-15)31-24(16-6-9-18(28)10-7-16)25(17-8-11-19(29)20(30)12-17)37-22(26(31)34)13-23(32)33/h6-12,15,21-22,24-25H,4-5,13-14H2,1-3H3,(H,32,33). The third-order valence-electron chi connectivity index (χ3n) is 7.12. The number of hydrogen-bond acceptors (Lipinski definition) is 5. The summed E-state index contributed by atoms with van der Waals surface area (Å²) in [5.41, 5.74) is 1.26. The molecule has 38 heavy (non-hydrogen) atoms. The first-order valence-corrected chi connectivity index (χ1v) is 15.1. The van der Waals surface area contributed by atoms with Crippen LogP contribution >= 0.6 is 34.8 Å². The van der Waals surface area contributed by atoms with Crippen LogP contribution < -0.4 is 0 Å². The molecule has 1 N–H and O–H groups in total. The lowest BCUT2D eigenvalue weighted by molar-refractivity contribution is -0.183. The number of sulfone groups is 1. The lowest BCUT2D eigenvalue weighted by Crippen LogP contribution is -2.58. The van der Waals surface area contributed by atoms with Gasteiger partial charge in [-0.05, 0) is 74.9 Å². The number of ether oxygens (including phenoxy) is 1. The number of benzene rings is 2. The van der Waals surface area contributed by atoms with Crippen molar-refractivity contribution in [2.75, 3.05) is 5.75 Å². The minimum Gasteiger partial charge on any atom is -0.481 e. The third-order valence-corrected chi connectivity index (χ3v) is 10.8. The average Bonchev–Trinajstić information content (AvgIpc) is 3.66. The van der Waals surface area contributed by atoms with Crippen LogP contribution in [0.25, 0.3) is 0 Å². The molecule has 4 rings (SSSR count). The molecule has 0 bridgehead atoms. The van der Waals surface area contributed by atoms with Gasteiger partial charge in [-0.15, -0.1) is 0 Å². The maximum absolute atomic E-state index is 14.0. The Balaban J connectivity index is 1.90. The Bertz CT molecular complexity index is 1320. The number of amides is 1. The summed E-state index contributed by atoms with van der Waals surface area (Å²) in [5, 5.41) is 10.7. The summed E-state index contributed by atoms with van der Waals surface area (Å²) in [5.74, 6) is -2.04. The van der Waals surface area contributed by atoms with Crippen LogP contribution in [-0.2, 0) is 24.2 Å². The van der Waals surface area contributed by atoms with Gasteiger partial charge in [-0.3, -0.25) is 9.59 Å². The van der Waals surface area contributed by atoms with E-state index in [1.54, 1.807) is 68.1 Å². The van der Waals surface area contributed by atoms with Gasteiger partial charge in [-0.2, -0.15) is 0 Å². The quantitative estimate of drug-likeness (QED) is 0.391. The molecule has 1 amide bonds. The summed E-state index contributed by atoms with van der Waals surface area (Å²) in [6, 6.07) is 10.4. The number of carbonyl (C=O) groups excluding carboxylic acids is 1. The first-order valence-electron chi connectivity index (χ1n) is 12.3. The normalized spacial score (nSPS) is 23.4. The fourth-order valence-corrected chi connectivity index (χ4v) is 6.58. The van der Waals surface area contributed by atoms with E-state index in [4.69, 9.17) is 39.5 Å². The average molecular weight is 603 g/mol. The second-order valence-electron chi connectivity index (χ2n) is 10.9. The maximum Gasteiger partial charge on any atom is 0.306 e. The summed E-state index contributed by atoms with van der Waals surface area (Å²) in [7, 11) is -3.63. The molecule has 2 aliphatic rings. The highest BCUT2D eigenvalue weighted by Gasteiger charge is 2.52. The summed E-state index contributed by atoms with van der Waals surface area (Å²) >= 11 is 18.7. The molecule has 0 spiro atoms. The number of carboxylic acid groups (broad SMARTS) is 1. The Labute approximate surface area is 237 Å². The lowest BCUT2D eigenvalue weighted by atomic mass is 9.89. The number of rotatable bonds is 8. The van der Waals surface area contributed by atoms with Gasteiger partial charge in [0.15, 0.2) is 9.84 Å². The van der Waals surface area contributed by atoms with Crippen molar-refractivity contribution in [3.05, 3.63) is 68.7 Å². The summed E-state index contributed by atoms with van der Waals surface area (Å²) in [4.78, 5) is 27.3. The molecular weight excluding hydrogens is 573 g/mol. The van der Waals surface area contributed by atoms with Crippen LogP contribution in [0.15, 0.2) is 42.5 Å². The predicted molar refractivity (Wildman–Crippen MR) is 147 cm³/mol. The molecule has 1 aliphatic carbocycles. The van der Waals surface area contributed by atoms with E-state index < -0.39 is 57.2 Å². The number of carboxylic acids is 1. The van der Waals surface area contributed by atoms with E-state index in [-0.39, 0.29) is 16.7 Å². The van der Waals surface area contributed by atoms with E-state index in [2.05, 4.69) is 0 Å². The fourth-order valence-electron chi connectivity index (χ4n) is 4.77. The minimum atomic E-state index is -3.63. The number of aliphatic carboxylic acids is 1. The van der Waals surface area contributed by atoms with Gasteiger partial charge in [0.05, 0.1) is 33.0 Å². The molecule has 206 valence electrons. The Morgan fingerprint density at radius 2 is 1.66 bits per heavy atom. The van der Waals surface area contributed by atoms with Crippen molar-refractivity contribution < 1.29 is 27.9 Å². The highest BCUT2D eigenvalue weighted by Crippen LogP contribution is 2.48. The van der Waals surface area contributed by atoms with Crippen molar-refractivity contribution in [2.24, 2.45) is 5.92 Å². The molecule has 4 atom stereocenters. The zero-order chi connectivity index (χ0) is 28.0. The second kappa shape index (κ2) is 11.0. The van der Waals surface area contributed by atoms with Gasteiger partial charge in [0.2, 0.25) is 0 Å². The van der Waals surface area contributed by atoms with Gasteiger partial charge in [0.1, 0.15) is 12.2 Å². The molecule has 1 heterocycles. The van der Waals surface area contributed by atoms with Gasteiger partial charge in [-0.25, -0.2) is 8.42 Å². The summed E-state index contributed by atoms with van der Waals surface area (Å²) in [6.07, 6.45) is -1.18. The van der Waals surface area contributed by atoms with Crippen LogP contribution in [0.2, 0.25) is 15.1 Å². The Hall–Kier alpha value is -1.84. The van der Waals surface area contributed by atoms with Crippen LogP contribution in [0.1, 0.15) is 63.3 Å². The molecule has 2 aromatic rings. The van der Waals surface area contributed by atoms with E-state index in [9.17, 15) is 23.1 Å². The van der Waals surface area contributed by atoms with E-state index in [1.807, 2.05) is 0 Å². The molecule has 0 radical (unpaired) electrons. The number of nitrogens with zero attached hydrogens (tertiary/aromatic N) is 1. The molecule has 7 nitrogen and oxygen atoms in total. The van der Waals surface area contributed by atoms with Gasteiger partial charge in [-0.1, -0.05) is 53.0 Å². The zero-order valence-electron chi connectivity index (χ0n) is 21.2. The first kappa shape index (κ1) is 29.2. The number of carbonyl (C=O) groups is 2. The molecule has 1 aliphatic heterocycles. The van der Waals surface area contributed by atoms with Crippen molar-refractivity contribution in [1.29, 1.82) is 0 Å². The highest BCUT2D eigenvalue weighted by molar-refractivity contribution is 7.92. The molecule has 0 aromatic heterocycles. The Kier molecular flexibility index (Phi) is 8.41. The fraction of sp³-hybridized carbons (Fsp3) is 0.481. The summed E-state index contributed by atoms with van der Waals surface area (Å²) in [6.45, 7) is 4.90. The monoisotopic (exact) mass is 601 g/mol. The van der Waals surface area contributed by atoms with Crippen LogP contribution in [0.3, 0.4) is 0 Å². The molecule has 2 aromatic carbocycles. The summed E-state index contributed by atoms with van der Waals surface area (Å²) < 4.78 is 32.0. The van der Waals surface area contributed by atoms with Gasteiger partial charge in [0.25, 0.3) is 5.91 Å². The lowest BCUT2D eigenvalue weighted by Gasteiger charge is -2.48. The number of halogens is 3. The molecular formula is C27H30Cl3NO6S. The van der Waals surface area contributed by atoms with Gasteiger partial charge >= 0.3 is 5.97 Å². The Morgan fingerprint density at radius 3 is 2.18 bits per heavy atom. The predicted octanol–water partition coefficient (Wildman–Crippen LogP) is 6.12. The first-order chi connectivity index (χ1) is 17.7. The largest absolute Gasteiger partial charge is 0.481 e. The number of hydrogen-bond donors (Lipinski definition) is 1. The SMILES string of the molecule is CC(C)(C)S(=O)(=O)CC(C1CC1)N1C(=O)C(CC(=O)O)OC(c2ccc(Cl)c(Cl)c2)C1c1ccc(Cl)cc1. The van der Waals surface area contributed by atoms with Gasteiger partial charge in [0, 0.05) is 11.1 Å². The van der Waals surface area contributed by atoms with Crippen molar-refractivity contribution in [2.45, 2.75) is 69.1 Å². The van der Waals surface area contributed by atoms with E-state index in [0.717, 1.165) is 12.8 Å². The van der Waals surface area contributed by atoms with Crippen molar-refractivity contribution in [3.63, 3.8) is 0 Å². The van der Waals surface area contributed by atoms with E-state index in [1.165, 1.54) is 0 Å². The van der Waals surface area contributed by atoms with Crippen LogP contribution in [0, 0.1) is 5.92 Å². The van der Waals surface area contributed by atoms with Crippen LogP contribution in [0.5, 0.6) is 0 Å². The highest BCUT2D eigenvalue weighted by atomic mass is 35.5. The van der Waals surface area contributed by atoms with Crippen molar-refractivity contribution in [1.82, 2.24) is 4.90 Å². The topological polar surface area (TPSA) is 101 Å². The second-order valence-corrected chi connectivity index (χ2v) is 14.9. The zero-order valence-corrected chi connectivity index (χ0v) is 24.3. The Morgan fingerprint density at radius 1 is 1.05 bits per heavy atom. The van der Waals surface area contributed by atoms with E-state index >= 15 is 0 Å². The van der Waals surface area contributed by atoms with E-state index in [0.29, 0.717) is 21.2 Å². The number of morpholine rings is 1. The van der Waals surface area contributed by atoms with Gasteiger partial charge < -0.3 is 14.7 Å². The third kappa shape index (κ3) is 6.15. The van der Waals surface area contributed by atoms with Crippen molar-refractivity contribution >= 4 is 56.5 Å². The molecule has 1 saturated carbocycles. The maximum atomic E-state index is 14.0. The molecule has 2 fully saturated rings. The molecule has 1 saturated heterocycles. The smallest absolute Gasteiger partial charge is 0.306 e. The van der Waals surface area contributed by atoms with Crippen LogP contribution in [-0.4, -0.2) is 52.9 Å². The minimum absolute atomic E-state index is 0.0380. The molecule has 4 unspecified atom stereocenters.